The van der Waals surface area contributed by atoms with Crippen LogP contribution >= 0.6 is 0 Å². The Balaban J connectivity index is 1.07. The first-order valence-electron chi connectivity index (χ1n) is 13.4. The van der Waals surface area contributed by atoms with Gasteiger partial charge < -0.3 is 4.42 Å². The molecule has 37 heavy (non-hydrogen) atoms. The Hall–Kier alpha value is -3.29. The van der Waals surface area contributed by atoms with E-state index in [1.807, 2.05) is 10.9 Å². The number of fused-ring (bicyclic) bond motifs is 1. The standard InChI is InChI=1S/C29H35FN6O/c1-17(2)27-31-32-28(37-27)23-15-24(23)29(4,5)26-14-22-13-19(16-36(22)34-26)12-18(3)25-10-11-35(33-25)21-8-6-20(30)7-9-21/h6-11,14,17-19,23-24H,12-13,15-16H2,1-5H3. The number of aromatic nitrogens is 6. The molecule has 4 aromatic rings. The van der Waals surface area contributed by atoms with E-state index in [2.05, 4.69) is 61.6 Å². The summed E-state index contributed by atoms with van der Waals surface area (Å²) in [4.78, 5) is 0. The summed E-state index contributed by atoms with van der Waals surface area (Å²) in [5.74, 6) is 3.20. The molecule has 3 aromatic heterocycles. The van der Waals surface area contributed by atoms with E-state index in [0.717, 1.165) is 49.0 Å². The third kappa shape index (κ3) is 4.51. The molecule has 2 aliphatic rings. The molecule has 0 bridgehead atoms. The second kappa shape index (κ2) is 8.92. The van der Waals surface area contributed by atoms with Crippen molar-refractivity contribution in [3.8, 4) is 5.69 Å². The van der Waals surface area contributed by atoms with Crippen molar-refractivity contribution in [1.82, 2.24) is 29.8 Å². The molecule has 0 saturated heterocycles. The highest BCUT2D eigenvalue weighted by Gasteiger charge is 2.53. The first-order valence-corrected chi connectivity index (χ1v) is 13.4. The van der Waals surface area contributed by atoms with Crippen molar-refractivity contribution >= 4 is 0 Å². The molecule has 8 heteroatoms. The molecular weight excluding hydrogens is 467 g/mol. The first-order chi connectivity index (χ1) is 17.7. The van der Waals surface area contributed by atoms with E-state index < -0.39 is 0 Å². The lowest BCUT2D eigenvalue weighted by Gasteiger charge is -2.23. The maximum Gasteiger partial charge on any atom is 0.219 e. The molecule has 0 amide bonds. The Morgan fingerprint density at radius 1 is 1.08 bits per heavy atom. The molecule has 7 nitrogen and oxygen atoms in total. The predicted molar refractivity (Wildman–Crippen MR) is 138 cm³/mol. The van der Waals surface area contributed by atoms with Gasteiger partial charge in [-0.25, -0.2) is 9.07 Å². The van der Waals surface area contributed by atoms with E-state index in [1.165, 1.54) is 23.5 Å². The number of halogens is 1. The summed E-state index contributed by atoms with van der Waals surface area (Å²) in [6, 6.07) is 10.8. The normalized spacial score (nSPS) is 22.0. The fraction of sp³-hybridized carbons (Fsp3) is 0.517. The molecule has 1 aliphatic carbocycles. The lowest BCUT2D eigenvalue weighted by atomic mass is 9.82. The van der Waals surface area contributed by atoms with Gasteiger partial charge in [-0.05, 0) is 67.5 Å². The second-order valence-electron chi connectivity index (χ2n) is 11.9. The van der Waals surface area contributed by atoms with E-state index >= 15 is 0 Å². The maximum atomic E-state index is 13.2. The average molecular weight is 503 g/mol. The average Bonchev–Trinajstić information content (AvgIpc) is 3.28. The van der Waals surface area contributed by atoms with Crippen LogP contribution in [0.25, 0.3) is 5.69 Å². The molecule has 1 aromatic carbocycles. The van der Waals surface area contributed by atoms with E-state index in [9.17, 15) is 4.39 Å². The topological polar surface area (TPSA) is 74.6 Å². The Morgan fingerprint density at radius 2 is 1.86 bits per heavy atom. The minimum Gasteiger partial charge on any atom is -0.425 e. The van der Waals surface area contributed by atoms with Crippen LogP contribution in [0.1, 0.15) is 94.1 Å². The minimum absolute atomic E-state index is 0.0373. The molecule has 6 rings (SSSR count). The quantitative estimate of drug-likeness (QED) is 0.288. The monoisotopic (exact) mass is 502 g/mol. The van der Waals surface area contributed by atoms with Gasteiger partial charge >= 0.3 is 0 Å². The highest BCUT2D eigenvalue weighted by atomic mass is 19.1. The Kier molecular flexibility index (Phi) is 5.81. The SMILES string of the molecule is CC(C)c1nnc(C2CC2C(C)(C)c2cc3n(n2)CC(CC(C)c2ccn(-c4ccc(F)cc4)n2)C3)o1. The molecule has 194 valence electrons. The van der Waals surface area contributed by atoms with Crippen molar-refractivity contribution in [3.63, 3.8) is 0 Å². The fourth-order valence-corrected chi connectivity index (χ4v) is 5.90. The molecule has 1 aliphatic heterocycles. The molecule has 0 radical (unpaired) electrons. The number of hydrogen-bond acceptors (Lipinski definition) is 5. The third-order valence-corrected chi connectivity index (χ3v) is 8.33. The van der Waals surface area contributed by atoms with Crippen molar-refractivity contribution in [2.24, 2.45) is 11.8 Å². The summed E-state index contributed by atoms with van der Waals surface area (Å²) in [5.41, 5.74) is 4.40. The molecule has 0 spiro atoms. The van der Waals surface area contributed by atoms with E-state index in [1.54, 1.807) is 12.1 Å². The molecule has 4 heterocycles. The van der Waals surface area contributed by atoms with Crippen LogP contribution in [-0.4, -0.2) is 29.8 Å². The molecule has 0 N–H and O–H groups in total. The van der Waals surface area contributed by atoms with Crippen LogP contribution in [0.5, 0.6) is 0 Å². The van der Waals surface area contributed by atoms with E-state index in [4.69, 9.17) is 14.6 Å². The predicted octanol–water partition coefficient (Wildman–Crippen LogP) is 6.16. The number of benzene rings is 1. The van der Waals surface area contributed by atoms with Crippen molar-refractivity contribution in [3.05, 3.63) is 77.3 Å². The lowest BCUT2D eigenvalue weighted by molar-refractivity contribution is 0.380. The van der Waals surface area contributed by atoms with Crippen LogP contribution < -0.4 is 0 Å². The van der Waals surface area contributed by atoms with Crippen LogP contribution in [0.4, 0.5) is 4.39 Å². The van der Waals surface area contributed by atoms with Gasteiger partial charge in [0.15, 0.2) is 0 Å². The number of rotatable bonds is 8. The second-order valence-corrected chi connectivity index (χ2v) is 11.9. The van der Waals surface area contributed by atoms with Gasteiger partial charge in [0.25, 0.3) is 0 Å². The molecule has 4 unspecified atom stereocenters. The maximum absolute atomic E-state index is 13.2. The lowest BCUT2D eigenvalue weighted by Crippen LogP contribution is -2.22. The summed E-state index contributed by atoms with van der Waals surface area (Å²) < 4.78 is 23.2. The van der Waals surface area contributed by atoms with Crippen molar-refractivity contribution in [2.45, 2.75) is 83.6 Å². The van der Waals surface area contributed by atoms with Crippen molar-refractivity contribution in [1.29, 1.82) is 0 Å². The molecule has 1 saturated carbocycles. The third-order valence-electron chi connectivity index (χ3n) is 8.33. The van der Waals surface area contributed by atoms with Crippen LogP contribution in [0.15, 0.2) is 47.0 Å². The van der Waals surface area contributed by atoms with Gasteiger partial charge in [0.1, 0.15) is 5.82 Å². The van der Waals surface area contributed by atoms with Crippen LogP contribution in [0.2, 0.25) is 0 Å². The summed E-state index contributed by atoms with van der Waals surface area (Å²) in [7, 11) is 0. The molecule has 1 fully saturated rings. The van der Waals surface area contributed by atoms with E-state index in [-0.39, 0.29) is 17.2 Å². The smallest absolute Gasteiger partial charge is 0.219 e. The van der Waals surface area contributed by atoms with Gasteiger partial charge in [-0.2, -0.15) is 10.2 Å². The summed E-state index contributed by atoms with van der Waals surface area (Å²) in [6.45, 7) is 11.9. The van der Waals surface area contributed by atoms with Crippen molar-refractivity contribution in [2.75, 3.05) is 0 Å². The molecular formula is C29H35FN6O. The highest BCUT2D eigenvalue weighted by Crippen LogP contribution is 2.57. The number of hydrogen-bond donors (Lipinski definition) is 0. The zero-order valence-corrected chi connectivity index (χ0v) is 22.2. The van der Waals surface area contributed by atoms with Crippen LogP contribution in [-0.2, 0) is 18.4 Å². The van der Waals surface area contributed by atoms with Crippen molar-refractivity contribution < 1.29 is 8.81 Å². The summed E-state index contributed by atoms with van der Waals surface area (Å²) >= 11 is 0. The van der Waals surface area contributed by atoms with E-state index in [0.29, 0.717) is 23.7 Å². The summed E-state index contributed by atoms with van der Waals surface area (Å²) in [6.07, 6.45) is 5.13. The largest absolute Gasteiger partial charge is 0.425 e. The zero-order chi connectivity index (χ0) is 25.9. The summed E-state index contributed by atoms with van der Waals surface area (Å²) in [5, 5.41) is 18.4. The van der Waals surface area contributed by atoms with Gasteiger partial charge in [0, 0.05) is 41.6 Å². The zero-order valence-electron chi connectivity index (χ0n) is 22.2. The van der Waals surface area contributed by atoms with Gasteiger partial charge in [0.2, 0.25) is 11.8 Å². The Morgan fingerprint density at radius 3 is 2.57 bits per heavy atom. The Bertz CT molecular complexity index is 1370. The molecule has 4 atom stereocenters. The minimum atomic E-state index is -0.237. The van der Waals surface area contributed by atoms with Gasteiger partial charge in [-0.15, -0.1) is 10.2 Å². The Labute approximate surface area is 217 Å². The van der Waals surface area contributed by atoms with Gasteiger partial charge in [-0.1, -0.05) is 34.6 Å². The first kappa shape index (κ1) is 24.1. The van der Waals surface area contributed by atoms with Gasteiger partial charge in [0.05, 0.1) is 17.1 Å². The van der Waals surface area contributed by atoms with Gasteiger partial charge in [-0.3, -0.25) is 4.68 Å². The van der Waals surface area contributed by atoms with Crippen LogP contribution in [0, 0.1) is 17.7 Å². The highest BCUT2D eigenvalue weighted by molar-refractivity contribution is 5.31. The fourth-order valence-electron chi connectivity index (χ4n) is 5.90. The van der Waals surface area contributed by atoms with Crippen LogP contribution in [0.3, 0.4) is 0 Å². The number of nitrogens with zero attached hydrogens (tertiary/aromatic N) is 6.